The molecule has 3 aromatic carbocycles. The minimum Gasteiger partial charge on any atom is -0.479 e. The van der Waals surface area contributed by atoms with Crippen LogP contribution >= 0.6 is 22.9 Å². The SMILES string of the molecule is Cc1cc2nc(-c3ccnc(-c4ccc5ccc(=O)n(C)c5c4)c3)sc2c(-c2ccc(Cl)cc2)c1C(OC(C)(C)C)C(=O)O. The molecule has 0 spiro atoms. The van der Waals surface area contributed by atoms with Crippen LogP contribution in [0.4, 0.5) is 0 Å². The third kappa shape index (κ3) is 5.64. The van der Waals surface area contributed by atoms with Gasteiger partial charge in [-0.15, -0.1) is 11.3 Å². The average molecular weight is 624 g/mol. The lowest BCUT2D eigenvalue weighted by Crippen LogP contribution is -2.28. The van der Waals surface area contributed by atoms with Gasteiger partial charge in [0.15, 0.2) is 6.10 Å². The van der Waals surface area contributed by atoms with E-state index in [-0.39, 0.29) is 5.56 Å². The minimum atomic E-state index is -1.19. The summed E-state index contributed by atoms with van der Waals surface area (Å²) >= 11 is 7.73. The van der Waals surface area contributed by atoms with E-state index in [0.29, 0.717) is 10.6 Å². The Morgan fingerprint density at radius 2 is 1.68 bits per heavy atom. The lowest BCUT2D eigenvalue weighted by Gasteiger charge is -2.28. The van der Waals surface area contributed by atoms with Gasteiger partial charge in [0.2, 0.25) is 0 Å². The largest absolute Gasteiger partial charge is 0.479 e. The zero-order valence-corrected chi connectivity index (χ0v) is 26.5. The molecular formula is C35H30ClN3O4S. The molecule has 0 bridgehead atoms. The van der Waals surface area contributed by atoms with E-state index in [1.54, 1.807) is 36.0 Å². The van der Waals surface area contributed by atoms with Crippen molar-refractivity contribution in [2.24, 2.45) is 7.05 Å². The number of aryl methyl sites for hydroxylation is 2. The van der Waals surface area contributed by atoms with Gasteiger partial charge in [0.05, 0.1) is 27.0 Å². The van der Waals surface area contributed by atoms with Crippen molar-refractivity contribution in [3.05, 3.63) is 105 Å². The van der Waals surface area contributed by atoms with Crippen molar-refractivity contribution < 1.29 is 14.6 Å². The second kappa shape index (κ2) is 11.3. The summed E-state index contributed by atoms with van der Waals surface area (Å²) in [7, 11) is 1.76. The van der Waals surface area contributed by atoms with Gasteiger partial charge >= 0.3 is 5.97 Å². The first-order valence-electron chi connectivity index (χ1n) is 14.1. The lowest BCUT2D eigenvalue weighted by atomic mass is 9.91. The van der Waals surface area contributed by atoms with Crippen LogP contribution in [0.1, 0.15) is 38.0 Å². The molecule has 9 heteroatoms. The van der Waals surface area contributed by atoms with Crippen molar-refractivity contribution in [3.8, 4) is 33.0 Å². The lowest BCUT2D eigenvalue weighted by molar-refractivity contribution is -0.160. The number of halogens is 1. The summed E-state index contributed by atoms with van der Waals surface area (Å²) in [5.74, 6) is -1.06. The Kier molecular flexibility index (Phi) is 7.61. The molecular weight excluding hydrogens is 594 g/mol. The Morgan fingerprint density at radius 1 is 0.977 bits per heavy atom. The van der Waals surface area contributed by atoms with Crippen LogP contribution in [0.15, 0.2) is 83.8 Å². The van der Waals surface area contributed by atoms with E-state index < -0.39 is 17.7 Å². The summed E-state index contributed by atoms with van der Waals surface area (Å²) < 4.78 is 8.61. The highest BCUT2D eigenvalue weighted by molar-refractivity contribution is 7.22. The van der Waals surface area contributed by atoms with Crippen LogP contribution in [0.2, 0.25) is 5.02 Å². The summed E-state index contributed by atoms with van der Waals surface area (Å²) in [6.45, 7) is 7.44. The van der Waals surface area contributed by atoms with E-state index in [2.05, 4.69) is 4.98 Å². The number of benzene rings is 3. The van der Waals surface area contributed by atoms with Gasteiger partial charge in [-0.3, -0.25) is 9.78 Å². The molecule has 6 aromatic rings. The number of rotatable bonds is 6. The summed E-state index contributed by atoms with van der Waals surface area (Å²) in [4.78, 5) is 34.5. The zero-order chi connectivity index (χ0) is 31.3. The van der Waals surface area contributed by atoms with Gasteiger partial charge in [-0.05, 0) is 86.7 Å². The van der Waals surface area contributed by atoms with Crippen LogP contribution in [0.3, 0.4) is 0 Å². The normalized spacial score (nSPS) is 12.6. The standard InChI is InChI=1S/C35H30ClN3O4S/c1-19-16-26-32(30(21-8-11-24(36)12-9-21)29(19)31(34(41)42)43-35(2,3)4)44-33(38-26)23-14-15-37-25(17-23)22-7-6-20-10-13-28(40)39(5)27(20)18-22/h6-18,31H,1-5H3,(H,41,42). The predicted octanol–water partition coefficient (Wildman–Crippen LogP) is 8.45. The molecule has 1 N–H and O–H groups in total. The van der Waals surface area contributed by atoms with Crippen molar-refractivity contribution >= 4 is 50.0 Å². The van der Waals surface area contributed by atoms with Gasteiger partial charge < -0.3 is 14.4 Å². The van der Waals surface area contributed by atoms with Crippen LogP contribution in [-0.2, 0) is 16.6 Å². The number of ether oxygens (including phenoxy) is 1. The maximum atomic E-state index is 12.6. The van der Waals surface area contributed by atoms with Gasteiger partial charge in [0.25, 0.3) is 5.56 Å². The third-order valence-electron chi connectivity index (χ3n) is 7.45. The van der Waals surface area contributed by atoms with Crippen LogP contribution < -0.4 is 5.56 Å². The van der Waals surface area contributed by atoms with Crippen LogP contribution in [0.5, 0.6) is 0 Å². The molecule has 3 heterocycles. The fraction of sp³-hybridized carbons (Fsp3) is 0.200. The quantitative estimate of drug-likeness (QED) is 0.200. The van der Waals surface area contributed by atoms with Crippen LogP contribution in [-0.4, -0.2) is 31.2 Å². The van der Waals surface area contributed by atoms with Crippen molar-refractivity contribution in [2.75, 3.05) is 0 Å². The molecule has 0 aliphatic heterocycles. The molecule has 1 unspecified atom stereocenters. The monoisotopic (exact) mass is 623 g/mol. The molecule has 44 heavy (non-hydrogen) atoms. The van der Waals surface area contributed by atoms with E-state index in [9.17, 15) is 14.7 Å². The first kappa shape index (κ1) is 29.7. The highest BCUT2D eigenvalue weighted by Gasteiger charge is 2.32. The Balaban J connectivity index is 1.53. The molecule has 0 amide bonds. The molecule has 0 saturated heterocycles. The Bertz CT molecular complexity index is 2130. The Hall–Kier alpha value is -4.37. The molecule has 0 radical (unpaired) electrons. The Morgan fingerprint density at radius 3 is 2.39 bits per heavy atom. The molecule has 222 valence electrons. The number of fused-ring (bicyclic) bond motifs is 2. The summed E-state index contributed by atoms with van der Waals surface area (Å²) in [6, 6.07) is 22.5. The fourth-order valence-corrected chi connectivity index (χ4v) is 6.66. The van der Waals surface area contributed by atoms with Crippen molar-refractivity contribution in [3.63, 3.8) is 0 Å². The third-order valence-corrected chi connectivity index (χ3v) is 8.84. The number of carbonyl (C=O) groups is 1. The van der Waals surface area contributed by atoms with E-state index in [1.165, 1.54) is 11.3 Å². The van der Waals surface area contributed by atoms with Gasteiger partial charge in [0, 0.05) is 46.6 Å². The first-order valence-corrected chi connectivity index (χ1v) is 15.3. The van der Waals surface area contributed by atoms with Gasteiger partial charge in [-0.2, -0.15) is 0 Å². The highest BCUT2D eigenvalue weighted by atomic mass is 35.5. The van der Waals surface area contributed by atoms with Gasteiger partial charge in [0.1, 0.15) is 5.01 Å². The van der Waals surface area contributed by atoms with Crippen LogP contribution in [0, 0.1) is 6.92 Å². The topological polar surface area (TPSA) is 94.3 Å². The molecule has 0 aliphatic carbocycles. The maximum absolute atomic E-state index is 12.6. The average Bonchev–Trinajstić information content (AvgIpc) is 3.41. The summed E-state index contributed by atoms with van der Waals surface area (Å²) in [6.07, 6.45) is 0.561. The number of carboxylic acids is 1. The molecule has 0 saturated carbocycles. The number of carboxylic acid groups (broad SMARTS) is 1. The van der Waals surface area contributed by atoms with Crippen molar-refractivity contribution in [1.82, 2.24) is 14.5 Å². The number of pyridine rings is 2. The molecule has 0 aliphatic rings. The number of aliphatic carboxylic acids is 1. The number of hydrogen-bond acceptors (Lipinski definition) is 6. The van der Waals surface area contributed by atoms with E-state index in [4.69, 9.17) is 21.3 Å². The maximum Gasteiger partial charge on any atom is 0.337 e. The number of aromatic nitrogens is 3. The number of thiazole rings is 1. The molecule has 6 rings (SSSR count). The van der Waals surface area contributed by atoms with E-state index >= 15 is 0 Å². The number of hydrogen-bond donors (Lipinski definition) is 1. The highest BCUT2D eigenvalue weighted by Crippen LogP contribution is 2.44. The van der Waals surface area contributed by atoms with Crippen molar-refractivity contribution in [1.29, 1.82) is 0 Å². The number of nitrogens with zero attached hydrogens (tertiary/aromatic N) is 3. The van der Waals surface area contributed by atoms with E-state index in [0.717, 1.165) is 59.6 Å². The molecule has 1 atom stereocenters. The molecule has 3 aromatic heterocycles. The van der Waals surface area contributed by atoms with Gasteiger partial charge in [-0.1, -0.05) is 35.9 Å². The van der Waals surface area contributed by atoms with E-state index in [1.807, 2.05) is 82.3 Å². The first-order chi connectivity index (χ1) is 20.9. The van der Waals surface area contributed by atoms with Gasteiger partial charge in [-0.25, -0.2) is 9.78 Å². The fourth-order valence-electron chi connectivity index (χ4n) is 5.41. The zero-order valence-electron chi connectivity index (χ0n) is 24.9. The predicted molar refractivity (Wildman–Crippen MR) is 177 cm³/mol. The molecule has 0 fully saturated rings. The molecule has 7 nitrogen and oxygen atoms in total. The second-order valence-electron chi connectivity index (χ2n) is 11.7. The smallest absolute Gasteiger partial charge is 0.337 e. The second-order valence-corrected chi connectivity index (χ2v) is 13.2. The summed E-state index contributed by atoms with van der Waals surface area (Å²) in [5.41, 5.74) is 6.28. The summed E-state index contributed by atoms with van der Waals surface area (Å²) in [5, 5.41) is 12.7. The Labute approximate surface area is 263 Å². The minimum absolute atomic E-state index is 0.0740. The van der Waals surface area contributed by atoms with Crippen LogP contribution in [0.25, 0.3) is 54.1 Å². The van der Waals surface area contributed by atoms with Crippen molar-refractivity contribution in [2.45, 2.75) is 39.4 Å².